The maximum Gasteiger partial charge on any atom is 0.339 e. The van der Waals surface area contributed by atoms with E-state index in [4.69, 9.17) is 13.9 Å². The van der Waals surface area contributed by atoms with Crippen molar-refractivity contribution in [3.05, 3.63) is 34.7 Å². The van der Waals surface area contributed by atoms with Gasteiger partial charge in [0.25, 0.3) is 6.47 Å². The third-order valence-corrected chi connectivity index (χ3v) is 2.16. The minimum absolute atomic E-state index is 0.160. The summed E-state index contributed by atoms with van der Waals surface area (Å²) in [6, 6.07) is 6.05. The van der Waals surface area contributed by atoms with E-state index < -0.39 is 5.63 Å². The van der Waals surface area contributed by atoms with Crippen molar-refractivity contribution in [1.29, 1.82) is 0 Å². The monoisotopic (exact) mass is 234 g/mol. The van der Waals surface area contributed by atoms with E-state index in [1.807, 2.05) is 6.92 Å². The van der Waals surface area contributed by atoms with Crippen molar-refractivity contribution in [2.45, 2.75) is 6.92 Å². The predicted octanol–water partition coefficient (Wildman–Crippen LogP) is 1.73. The molecule has 5 nitrogen and oxygen atoms in total. The molecule has 1 aromatic heterocycles. The second-order valence-corrected chi connectivity index (χ2v) is 3.23. The molecule has 88 valence electrons. The lowest BCUT2D eigenvalue weighted by Crippen LogP contribution is -2.00. The van der Waals surface area contributed by atoms with Crippen molar-refractivity contribution in [2.75, 3.05) is 6.61 Å². The molecule has 0 atom stereocenters. The van der Waals surface area contributed by atoms with Gasteiger partial charge in [0, 0.05) is 0 Å². The molecule has 0 fully saturated rings. The van der Waals surface area contributed by atoms with Gasteiger partial charge in [0.05, 0.1) is 18.1 Å². The Morgan fingerprint density at radius 1 is 1.35 bits per heavy atom. The number of carbonyl (C=O) groups excluding carboxylic acids is 1. The first-order valence-electron chi connectivity index (χ1n) is 5.05. The largest absolute Gasteiger partial charge is 0.494 e. The van der Waals surface area contributed by atoms with Crippen molar-refractivity contribution < 1.29 is 18.7 Å². The molecule has 0 aliphatic rings. The van der Waals surface area contributed by atoms with Gasteiger partial charge in [0.1, 0.15) is 17.1 Å². The van der Waals surface area contributed by atoms with Gasteiger partial charge in [-0.25, -0.2) is 4.79 Å². The summed E-state index contributed by atoms with van der Waals surface area (Å²) in [5.74, 6) is 0.775. The summed E-state index contributed by atoms with van der Waals surface area (Å²) in [7, 11) is 0. The molecule has 0 radical (unpaired) electrons. The highest BCUT2D eigenvalue weighted by Crippen LogP contribution is 2.27. The van der Waals surface area contributed by atoms with Crippen LogP contribution in [-0.4, -0.2) is 13.1 Å². The zero-order valence-electron chi connectivity index (χ0n) is 9.14. The van der Waals surface area contributed by atoms with Crippen LogP contribution in [0.4, 0.5) is 0 Å². The molecule has 1 heterocycles. The summed E-state index contributed by atoms with van der Waals surface area (Å²) >= 11 is 0. The fraction of sp³-hybridized carbons (Fsp3) is 0.167. The molecule has 0 amide bonds. The molecule has 1 aromatic carbocycles. The van der Waals surface area contributed by atoms with E-state index in [1.165, 1.54) is 0 Å². The number of carbonyl (C=O) groups is 1. The lowest BCUT2D eigenvalue weighted by molar-refractivity contribution is -0.120. The Morgan fingerprint density at radius 3 is 2.88 bits per heavy atom. The summed E-state index contributed by atoms with van der Waals surface area (Å²) in [5, 5.41) is 0.516. The average Bonchev–Trinajstić information content (AvgIpc) is 2.30. The summed E-state index contributed by atoms with van der Waals surface area (Å²) in [6.45, 7) is 2.64. The van der Waals surface area contributed by atoms with Crippen LogP contribution in [0.15, 0.2) is 33.5 Å². The quantitative estimate of drug-likeness (QED) is 0.595. The van der Waals surface area contributed by atoms with Gasteiger partial charge in [-0.15, -0.1) is 0 Å². The van der Waals surface area contributed by atoms with Crippen LogP contribution in [0.1, 0.15) is 6.92 Å². The average molecular weight is 234 g/mol. The Balaban J connectivity index is 2.64. The number of hydrogen-bond acceptors (Lipinski definition) is 5. The molecule has 2 aromatic rings. The Hall–Kier alpha value is -2.30. The summed E-state index contributed by atoms with van der Waals surface area (Å²) in [6.07, 6.45) is 0. The van der Waals surface area contributed by atoms with Gasteiger partial charge in [0.2, 0.25) is 0 Å². The molecule has 2 rings (SSSR count). The van der Waals surface area contributed by atoms with E-state index in [9.17, 15) is 9.59 Å². The smallest absolute Gasteiger partial charge is 0.339 e. The first kappa shape index (κ1) is 11.2. The third-order valence-electron chi connectivity index (χ3n) is 2.16. The van der Waals surface area contributed by atoms with E-state index in [-0.39, 0.29) is 12.2 Å². The van der Waals surface area contributed by atoms with Crippen molar-refractivity contribution in [1.82, 2.24) is 0 Å². The highest BCUT2D eigenvalue weighted by Gasteiger charge is 2.08. The van der Waals surface area contributed by atoms with E-state index in [1.54, 1.807) is 18.2 Å². The molecule has 0 bridgehead atoms. The first-order chi connectivity index (χ1) is 8.24. The molecule has 5 heteroatoms. The lowest BCUT2D eigenvalue weighted by atomic mass is 10.2. The standard InChI is InChI=1S/C12H10O5/c1-2-15-8-3-4-10-9(5-8)11(16-7-13)6-12(14)17-10/h3-7H,2H2,1H3. The molecule has 0 unspecified atom stereocenters. The highest BCUT2D eigenvalue weighted by atomic mass is 16.5. The van der Waals surface area contributed by atoms with Crippen molar-refractivity contribution in [3.63, 3.8) is 0 Å². The van der Waals surface area contributed by atoms with Gasteiger partial charge in [0.15, 0.2) is 0 Å². The van der Waals surface area contributed by atoms with Gasteiger partial charge in [-0.2, -0.15) is 0 Å². The van der Waals surface area contributed by atoms with Crippen LogP contribution >= 0.6 is 0 Å². The number of rotatable bonds is 4. The molecular formula is C12H10O5. The van der Waals surface area contributed by atoms with Crippen LogP contribution in [0.25, 0.3) is 11.0 Å². The zero-order chi connectivity index (χ0) is 12.3. The van der Waals surface area contributed by atoms with Gasteiger partial charge >= 0.3 is 5.63 Å². The van der Waals surface area contributed by atoms with E-state index in [2.05, 4.69) is 0 Å². The second-order valence-electron chi connectivity index (χ2n) is 3.23. The molecule has 0 aliphatic carbocycles. The Labute approximate surface area is 96.6 Å². The van der Waals surface area contributed by atoms with Crippen LogP contribution < -0.4 is 15.1 Å². The SMILES string of the molecule is CCOc1ccc2oc(=O)cc(OC=O)c2c1. The van der Waals surface area contributed by atoms with Crippen LogP contribution in [0, 0.1) is 0 Å². The maximum absolute atomic E-state index is 11.2. The predicted molar refractivity (Wildman–Crippen MR) is 60.3 cm³/mol. The molecular weight excluding hydrogens is 224 g/mol. The van der Waals surface area contributed by atoms with E-state index in [0.717, 1.165) is 6.07 Å². The summed E-state index contributed by atoms with van der Waals surface area (Å²) in [4.78, 5) is 21.5. The molecule has 0 saturated carbocycles. The number of hydrogen-bond donors (Lipinski definition) is 0. The highest BCUT2D eigenvalue weighted by molar-refractivity contribution is 5.85. The molecule has 0 spiro atoms. The van der Waals surface area contributed by atoms with Gasteiger partial charge in [-0.1, -0.05) is 0 Å². The van der Waals surface area contributed by atoms with Crippen molar-refractivity contribution in [3.8, 4) is 11.5 Å². The maximum atomic E-state index is 11.2. The van der Waals surface area contributed by atoms with Crippen LogP contribution in [-0.2, 0) is 4.79 Å². The van der Waals surface area contributed by atoms with Gasteiger partial charge in [-0.3, -0.25) is 4.79 Å². The fourth-order valence-corrected chi connectivity index (χ4v) is 1.52. The topological polar surface area (TPSA) is 65.7 Å². The van der Waals surface area contributed by atoms with E-state index in [0.29, 0.717) is 23.3 Å². The van der Waals surface area contributed by atoms with Crippen molar-refractivity contribution >= 4 is 17.4 Å². The molecule has 0 aliphatic heterocycles. The fourth-order valence-electron chi connectivity index (χ4n) is 1.52. The van der Waals surface area contributed by atoms with Crippen LogP contribution in [0.5, 0.6) is 11.5 Å². The lowest BCUT2D eigenvalue weighted by Gasteiger charge is -2.06. The number of fused-ring (bicyclic) bond motifs is 1. The van der Waals surface area contributed by atoms with Crippen molar-refractivity contribution in [2.24, 2.45) is 0 Å². The van der Waals surface area contributed by atoms with E-state index >= 15 is 0 Å². The third kappa shape index (κ3) is 2.28. The second kappa shape index (κ2) is 4.69. The summed E-state index contributed by atoms with van der Waals surface area (Å²) in [5.41, 5.74) is -0.226. The molecule has 0 saturated heterocycles. The number of ether oxygens (including phenoxy) is 2. The summed E-state index contributed by atoms with van der Waals surface area (Å²) < 4.78 is 15.0. The molecule has 17 heavy (non-hydrogen) atoms. The minimum atomic E-state index is -0.571. The Bertz CT molecular complexity index is 599. The minimum Gasteiger partial charge on any atom is -0.494 e. The van der Waals surface area contributed by atoms with Crippen LogP contribution in [0.3, 0.4) is 0 Å². The Kier molecular flexibility index (Phi) is 3.09. The Morgan fingerprint density at radius 2 is 2.18 bits per heavy atom. The van der Waals surface area contributed by atoms with Gasteiger partial charge in [-0.05, 0) is 25.1 Å². The molecule has 0 N–H and O–H groups in total. The first-order valence-corrected chi connectivity index (χ1v) is 5.05. The zero-order valence-corrected chi connectivity index (χ0v) is 9.14. The normalized spacial score (nSPS) is 10.2. The van der Waals surface area contributed by atoms with Gasteiger partial charge < -0.3 is 13.9 Å². The number of benzene rings is 1. The van der Waals surface area contributed by atoms with Crippen LogP contribution in [0.2, 0.25) is 0 Å².